The molecule has 1 aliphatic rings. The van der Waals surface area contributed by atoms with Crippen LogP contribution >= 0.6 is 0 Å². The van der Waals surface area contributed by atoms with Crippen LogP contribution in [-0.2, 0) is 0 Å². The summed E-state index contributed by atoms with van der Waals surface area (Å²) in [6.07, 6.45) is 5.36. The molecule has 14 heavy (non-hydrogen) atoms. The molecule has 0 unspecified atom stereocenters. The summed E-state index contributed by atoms with van der Waals surface area (Å²) < 4.78 is 0. The molecule has 0 amide bonds. The largest absolute Gasteiger partial charge is 0.313 e. The molecule has 1 fully saturated rings. The Labute approximate surface area is 88.4 Å². The van der Waals surface area contributed by atoms with Gasteiger partial charge in [0, 0.05) is 13.1 Å². The van der Waals surface area contributed by atoms with E-state index in [-0.39, 0.29) is 0 Å². The molecular weight excluding hydrogens is 172 g/mol. The van der Waals surface area contributed by atoms with Crippen molar-refractivity contribution < 1.29 is 0 Å². The lowest BCUT2D eigenvalue weighted by atomic mass is 10.1. The predicted molar refractivity (Wildman–Crippen MR) is 62.6 cm³/mol. The van der Waals surface area contributed by atoms with Gasteiger partial charge in [-0.15, -0.1) is 0 Å². The molecule has 0 spiro atoms. The van der Waals surface area contributed by atoms with Crippen LogP contribution in [0.2, 0.25) is 0 Å². The third-order valence-corrected chi connectivity index (χ3v) is 2.70. The van der Waals surface area contributed by atoms with Gasteiger partial charge >= 0.3 is 0 Å². The van der Waals surface area contributed by atoms with Crippen LogP contribution in [0.5, 0.6) is 0 Å². The van der Waals surface area contributed by atoms with E-state index in [1.54, 1.807) is 0 Å². The molecule has 1 heterocycles. The van der Waals surface area contributed by atoms with E-state index in [9.17, 15) is 0 Å². The van der Waals surface area contributed by atoms with E-state index in [4.69, 9.17) is 0 Å². The monoisotopic (exact) mass is 196 g/mol. The molecule has 0 atom stereocenters. The number of nitrogens with zero attached hydrogens (tertiary/aromatic N) is 1. The molecule has 2 heteroatoms. The van der Waals surface area contributed by atoms with Gasteiger partial charge in [-0.25, -0.2) is 0 Å². The molecule has 0 aromatic heterocycles. The number of hydrogen-bond donors (Lipinski definition) is 1. The minimum Gasteiger partial charge on any atom is -0.313 e. The highest BCUT2D eigenvalue weighted by atomic mass is 15.1. The number of nitrogens with one attached hydrogen (secondary N) is 1. The van der Waals surface area contributed by atoms with E-state index in [0.717, 1.165) is 19.6 Å². The first-order valence-corrected chi connectivity index (χ1v) is 5.92. The van der Waals surface area contributed by atoms with Gasteiger partial charge in [-0.05, 0) is 44.5 Å². The maximum Gasteiger partial charge on any atom is 0.0202 e. The van der Waals surface area contributed by atoms with Gasteiger partial charge in [-0.2, -0.15) is 0 Å². The van der Waals surface area contributed by atoms with Gasteiger partial charge in [0.2, 0.25) is 0 Å². The first-order chi connectivity index (χ1) is 6.83. The Hall–Kier alpha value is -0.340. The van der Waals surface area contributed by atoms with Crippen molar-refractivity contribution in [2.24, 2.45) is 0 Å². The lowest BCUT2D eigenvalue weighted by Gasteiger charge is -2.27. The van der Waals surface area contributed by atoms with E-state index >= 15 is 0 Å². The normalized spacial score (nSPS) is 18.4. The smallest absolute Gasteiger partial charge is 0.0202 e. The van der Waals surface area contributed by atoms with Crippen LogP contribution < -0.4 is 5.32 Å². The average Bonchev–Trinajstić information content (AvgIpc) is 2.20. The molecule has 2 nitrogen and oxygen atoms in total. The topological polar surface area (TPSA) is 15.3 Å². The Morgan fingerprint density at radius 3 is 2.64 bits per heavy atom. The molecule has 82 valence electrons. The van der Waals surface area contributed by atoms with Crippen molar-refractivity contribution in [3.8, 4) is 0 Å². The van der Waals surface area contributed by atoms with Crippen molar-refractivity contribution in [1.29, 1.82) is 0 Å². The maximum absolute atomic E-state index is 4.12. The SMILES string of the molecule is C=C(CNCCC)CN1CCCCC1. The fourth-order valence-corrected chi connectivity index (χ4v) is 1.93. The minimum atomic E-state index is 0.990. The van der Waals surface area contributed by atoms with Gasteiger partial charge < -0.3 is 5.32 Å². The van der Waals surface area contributed by atoms with Gasteiger partial charge in [-0.3, -0.25) is 4.90 Å². The summed E-state index contributed by atoms with van der Waals surface area (Å²) >= 11 is 0. The Morgan fingerprint density at radius 1 is 1.29 bits per heavy atom. The van der Waals surface area contributed by atoms with Crippen LogP contribution in [0, 0.1) is 0 Å². The molecule has 0 bridgehead atoms. The van der Waals surface area contributed by atoms with Gasteiger partial charge in [-0.1, -0.05) is 19.9 Å². The van der Waals surface area contributed by atoms with Crippen molar-refractivity contribution in [1.82, 2.24) is 10.2 Å². The van der Waals surface area contributed by atoms with Crippen molar-refractivity contribution in [2.45, 2.75) is 32.6 Å². The first-order valence-electron chi connectivity index (χ1n) is 5.92. The van der Waals surface area contributed by atoms with Gasteiger partial charge in [0.15, 0.2) is 0 Å². The Morgan fingerprint density at radius 2 is 2.00 bits per heavy atom. The van der Waals surface area contributed by atoms with Gasteiger partial charge in [0.25, 0.3) is 0 Å². The zero-order valence-electron chi connectivity index (χ0n) is 9.52. The average molecular weight is 196 g/mol. The van der Waals surface area contributed by atoms with E-state index in [1.807, 2.05) is 0 Å². The van der Waals surface area contributed by atoms with Crippen LogP contribution in [0.3, 0.4) is 0 Å². The highest BCUT2D eigenvalue weighted by Gasteiger charge is 2.10. The van der Waals surface area contributed by atoms with Crippen LogP contribution in [-0.4, -0.2) is 37.6 Å². The lowest BCUT2D eigenvalue weighted by molar-refractivity contribution is 0.245. The summed E-state index contributed by atoms with van der Waals surface area (Å²) in [5, 5.41) is 3.40. The van der Waals surface area contributed by atoms with Crippen LogP contribution in [0.4, 0.5) is 0 Å². The molecule has 1 aliphatic heterocycles. The molecule has 1 rings (SSSR count). The second-order valence-corrected chi connectivity index (χ2v) is 4.26. The molecule has 1 N–H and O–H groups in total. The van der Waals surface area contributed by atoms with Crippen molar-refractivity contribution >= 4 is 0 Å². The van der Waals surface area contributed by atoms with Gasteiger partial charge in [0.05, 0.1) is 0 Å². The fourth-order valence-electron chi connectivity index (χ4n) is 1.93. The maximum atomic E-state index is 4.12. The highest BCUT2D eigenvalue weighted by Crippen LogP contribution is 2.09. The predicted octanol–water partition coefficient (Wildman–Crippen LogP) is 2.03. The van der Waals surface area contributed by atoms with E-state index < -0.39 is 0 Å². The number of hydrogen-bond acceptors (Lipinski definition) is 2. The first kappa shape index (κ1) is 11.7. The number of piperidine rings is 1. The Kier molecular flexibility index (Phi) is 5.88. The standard InChI is InChI=1S/C12H24N2/c1-3-7-13-10-12(2)11-14-8-5-4-6-9-14/h13H,2-11H2,1H3. The highest BCUT2D eigenvalue weighted by molar-refractivity contribution is 5.00. The second kappa shape index (κ2) is 7.02. The summed E-state index contributed by atoms with van der Waals surface area (Å²) in [6.45, 7) is 12.0. The zero-order valence-corrected chi connectivity index (χ0v) is 9.52. The molecule has 0 saturated carbocycles. The molecule has 0 radical (unpaired) electrons. The fraction of sp³-hybridized carbons (Fsp3) is 0.833. The Balaban J connectivity index is 2.06. The van der Waals surface area contributed by atoms with E-state index in [2.05, 4.69) is 23.7 Å². The van der Waals surface area contributed by atoms with E-state index in [1.165, 1.54) is 44.3 Å². The number of likely N-dealkylation sites (tertiary alicyclic amines) is 1. The van der Waals surface area contributed by atoms with Crippen LogP contribution in [0.1, 0.15) is 32.6 Å². The lowest BCUT2D eigenvalue weighted by Crippen LogP contribution is -2.33. The van der Waals surface area contributed by atoms with Crippen molar-refractivity contribution in [3.63, 3.8) is 0 Å². The third-order valence-electron chi connectivity index (χ3n) is 2.70. The Bertz CT molecular complexity index is 160. The minimum absolute atomic E-state index is 0.990. The quantitative estimate of drug-likeness (QED) is 0.516. The summed E-state index contributed by atoms with van der Waals surface area (Å²) in [6, 6.07) is 0. The number of rotatable bonds is 6. The van der Waals surface area contributed by atoms with Gasteiger partial charge in [0.1, 0.15) is 0 Å². The molecular formula is C12H24N2. The zero-order chi connectivity index (χ0) is 10.2. The van der Waals surface area contributed by atoms with Crippen molar-refractivity contribution in [2.75, 3.05) is 32.7 Å². The summed E-state index contributed by atoms with van der Waals surface area (Å²) in [5.74, 6) is 0. The summed E-state index contributed by atoms with van der Waals surface area (Å²) in [5.41, 5.74) is 1.33. The van der Waals surface area contributed by atoms with Crippen molar-refractivity contribution in [3.05, 3.63) is 12.2 Å². The van der Waals surface area contributed by atoms with Crippen LogP contribution in [0.25, 0.3) is 0 Å². The molecule has 0 aromatic rings. The molecule has 0 aliphatic carbocycles. The summed E-state index contributed by atoms with van der Waals surface area (Å²) in [4.78, 5) is 2.53. The second-order valence-electron chi connectivity index (χ2n) is 4.26. The molecule has 1 saturated heterocycles. The third kappa shape index (κ3) is 4.77. The molecule has 0 aromatic carbocycles. The summed E-state index contributed by atoms with van der Waals surface area (Å²) in [7, 11) is 0. The van der Waals surface area contributed by atoms with E-state index in [0.29, 0.717) is 0 Å². The van der Waals surface area contributed by atoms with Crippen LogP contribution in [0.15, 0.2) is 12.2 Å².